The third-order valence-corrected chi connectivity index (χ3v) is 7.94. The molecule has 0 aromatic heterocycles. The number of nitrogens with zero attached hydrogens (tertiary/aromatic N) is 1. The summed E-state index contributed by atoms with van der Waals surface area (Å²) >= 11 is 12.5. The molecule has 194 valence electrons. The first-order chi connectivity index (χ1) is 17.9. The molecule has 0 aliphatic carbocycles. The van der Waals surface area contributed by atoms with Crippen molar-refractivity contribution in [2.45, 2.75) is 37.6 Å². The van der Waals surface area contributed by atoms with E-state index in [-0.39, 0.29) is 23.3 Å². The van der Waals surface area contributed by atoms with Crippen molar-refractivity contribution in [1.29, 1.82) is 0 Å². The minimum atomic E-state index is -0.337. The highest BCUT2D eigenvalue weighted by Gasteiger charge is 2.36. The first-order valence-corrected chi connectivity index (χ1v) is 13.5. The number of benzene rings is 3. The third-order valence-electron chi connectivity index (χ3n) is 7.21. The van der Waals surface area contributed by atoms with Crippen LogP contribution >= 0.6 is 23.2 Å². The number of nitrogens with one attached hydrogen (secondary N) is 2. The van der Waals surface area contributed by atoms with E-state index in [9.17, 15) is 9.59 Å². The highest BCUT2D eigenvalue weighted by Crippen LogP contribution is 2.34. The summed E-state index contributed by atoms with van der Waals surface area (Å²) in [6.45, 7) is 4.71. The highest BCUT2D eigenvalue weighted by molar-refractivity contribution is 6.42. The zero-order chi connectivity index (χ0) is 26.3. The average Bonchev–Trinajstić information content (AvgIpc) is 2.92. The van der Waals surface area contributed by atoms with Crippen LogP contribution in [0, 0.1) is 0 Å². The Balaban J connectivity index is 1.42. The molecule has 37 heavy (non-hydrogen) atoms. The van der Waals surface area contributed by atoms with Gasteiger partial charge in [-0.15, -0.1) is 0 Å². The number of piperidine rings is 1. The van der Waals surface area contributed by atoms with E-state index in [0.29, 0.717) is 22.2 Å². The Morgan fingerprint density at radius 3 is 2.19 bits per heavy atom. The molecule has 7 heteroatoms. The van der Waals surface area contributed by atoms with Crippen molar-refractivity contribution in [3.05, 3.63) is 106 Å². The van der Waals surface area contributed by atoms with Gasteiger partial charge in [0.05, 0.1) is 15.6 Å². The van der Waals surface area contributed by atoms with E-state index in [0.717, 1.165) is 50.0 Å². The molecule has 1 aliphatic heterocycles. The second-order valence-electron chi connectivity index (χ2n) is 9.71. The zero-order valence-electron chi connectivity index (χ0n) is 21.1. The van der Waals surface area contributed by atoms with Gasteiger partial charge in [0.2, 0.25) is 5.91 Å². The predicted octanol–water partition coefficient (Wildman–Crippen LogP) is 6.02. The van der Waals surface area contributed by atoms with Crippen LogP contribution in [-0.4, -0.2) is 42.9 Å². The molecule has 1 saturated heterocycles. The van der Waals surface area contributed by atoms with Crippen LogP contribution in [0.1, 0.15) is 53.6 Å². The lowest BCUT2D eigenvalue weighted by molar-refractivity contribution is -0.121. The lowest BCUT2D eigenvalue weighted by atomic mass is 9.80. The predicted molar refractivity (Wildman–Crippen MR) is 150 cm³/mol. The molecule has 0 spiro atoms. The molecular weight excluding hydrogens is 505 g/mol. The van der Waals surface area contributed by atoms with Crippen molar-refractivity contribution >= 4 is 35.0 Å². The van der Waals surface area contributed by atoms with Crippen molar-refractivity contribution in [3.8, 4) is 0 Å². The SMILES string of the molecule is CC(=O)NC1(c2ccccc2)CCN(CCC(CNC(=O)c2ccccc2)c2ccc(Cl)c(Cl)c2)CC1. The normalized spacial score (nSPS) is 16.1. The molecule has 1 aliphatic rings. The number of carbonyl (C=O) groups is 2. The number of amides is 2. The lowest BCUT2D eigenvalue weighted by Crippen LogP contribution is -2.52. The summed E-state index contributed by atoms with van der Waals surface area (Å²) < 4.78 is 0. The Bertz CT molecular complexity index is 1200. The Morgan fingerprint density at radius 2 is 1.57 bits per heavy atom. The Labute approximate surface area is 229 Å². The molecular formula is C30H33Cl2N3O2. The molecule has 0 bridgehead atoms. The van der Waals surface area contributed by atoms with Crippen LogP contribution < -0.4 is 10.6 Å². The smallest absolute Gasteiger partial charge is 0.251 e. The fourth-order valence-electron chi connectivity index (χ4n) is 5.14. The number of hydrogen-bond donors (Lipinski definition) is 2. The standard InChI is InChI=1S/C30H33Cl2N3O2/c1-22(36)34-30(26-10-6-3-7-11-26)15-18-35(19-16-30)17-14-25(24-12-13-27(31)28(32)20-24)21-33-29(37)23-8-4-2-5-9-23/h2-13,20,25H,14-19,21H2,1H3,(H,33,37)(H,34,36). The van der Waals surface area contributed by atoms with E-state index in [1.54, 1.807) is 6.92 Å². The Morgan fingerprint density at radius 1 is 0.919 bits per heavy atom. The maximum absolute atomic E-state index is 12.7. The van der Waals surface area contributed by atoms with Crippen LogP contribution in [0.15, 0.2) is 78.9 Å². The van der Waals surface area contributed by atoms with Crippen LogP contribution in [-0.2, 0) is 10.3 Å². The van der Waals surface area contributed by atoms with Crippen molar-refractivity contribution in [2.24, 2.45) is 0 Å². The molecule has 2 N–H and O–H groups in total. The fraction of sp³-hybridized carbons (Fsp3) is 0.333. The van der Waals surface area contributed by atoms with E-state index in [1.165, 1.54) is 0 Å². The number of carbonyl (C=O) groups excluding carboxylic acids is 2. The monoisotopic (exact) mass is 537 g/mol. The van der Waals surface area contributed by atoms with Gasteiger partial charge in [-0.1, -0.05) is 77.8 Å². The van der Waals surface area contributed by atoms with Gasteiger partial charge in [-0.3, -0.25) is 9.59 Å². The van der Waals surface area contributed by atoms with Crippen molar-refractivity contribution in [1.82, 2.24) is 15.5 Å². The van der Waals surface area contributed by atoms with Crippen LogP contribution in [0.4, 0.5) is 0 Å². The topological polar surface area (TPSA) is 61.4 Å². The van der Waals surface area contributed by atoms with Crippen LogP contribution in [0.3, 0.4) is 0 Å². The molecule has 4 rings (SSSR count). The van der Waals surface area contributed by atoms with Gasteiger partial charge in [-0.2, -0.15) is 0 Å². The summed E-state index contributed by atoms with van der Waals surface area (Å²) in [6, 6.07) is 25.2. The minimum absolute atomic E-state index is 0.00820. The maximum Gasteiger partial charge on any atom is 0.251 e. The van der Waals surface area contributed by atoms with Crippen molar-refractivity contribution in [2.75, 3.05) is 26.2 Å². The van der Waals surface area contributed by atoms with Crippen LogP contribution in [0.2, 0.25) is 10.0 Å². The quantitative estimate of drug-likeness (QED) is 0.350. The molecule has 1 unspecified atom stereocenters. The molecule has 1 atom stereocenters. The number of halogens is 2. The zero-order valence-corrected chi connectivity index (χ0v) is 22.6. The Hall–Kier alpha value is -2.86. The number of likely N-dealkylation sites (tertiary alicyclic amines) is 1. The molecule has 1 heterocycles. The van der Waals surface area contributed by atoms with E-state index < -0.39 is 0 Å². The van der Waals surface area contributed by atoms with Crippen LogP contribution in [0.25, 0.3) is 0 Å². The van der Waals surface area contributed by atoms with E-state index in [4.69, 9.17) is 23.2 Å². The van der Waals surface area contributed by atoms with Gasteiger partial charge in [0.1, 0.15) is 0 Å². The molecule has 5 nitrogen and oxygen atoms in total. The van der Waals surface area contributed by atoms with E-state index >= 15 is 0 Å². The second-order valence-corrected chi connectivity index (χ2v) is 10.5. The van der Waals surface area contributed by atoms with Gasteiger partial charge in [-0.05, 0) is 61.2 Å². The minimum Gasteiger partial charge on any atom is -0.351 e. The van der Waals surface area contributed by atoms with Crippen molar-refractivity contribution in [3.63, 3.8) is 0 Å². The second kappa shape index (κ2) is 12.6. The summed E-state index contributed by atoms with van der Waals surface area (Å²) in [5, 5.41) is 7.37. The van der Waals surface area contributed by atoms with E-state index in [2.05, 4.69) is 27.7 Å². The molecule has 0 saturated carbocycles. The average molecular weight is 539 g/mol. The van der Waals surface area contributed by atoms with Gasteiger partial charge < -0.3 is 15.5 Å². The Kier molecular flexibility index (Phi) is 9.25. The van der Waals surface area contributed by atoms with Crippen molar-refractivity contribution < 1.29 is 9.59 Å². The summed E-state index contributed by atoms with van der Waals surface area (Å²) in [6.07, 6.45) is 2.54. The summed E-state index contributed by atoms with van der Waals surface area (Å²) in [4.78, 5) is 27.2. The highest BCUT2D eigenvalue weighted by atomic mass is 35.5. The van der Waals surface area contributed by atoms with Crippen LogP contribution in [0.5, 0.6) is 0 Å². The number of hydrogen-bond acceptors (Lipinski definition) is 3. The molecule has 2 amide bonds. The third kappa shape index (κ3) is 7.13. The summed E-state index contributed by atoms with van der Waals surface area (Å²) in [5.41, 5.74) is 2.51. The first kappa shape index (κ1) is 27.2. The molecule has 3 aromatic rings. The molecule has 1 fully saturated rings. The number of rotatable bonds is 9. The van der Waals surface area contributed by atoms with Gasteiger partial charge >= 0.3 is 0 Å². The maximum atomic E-state index is 12.7. The van der Waals surface area contributed by atoms with Gasteiger partial charge in [0, 0.05) is 38.0 Å². The largest absolute Gasteiger partial charge is 0.351 e. The summed E-state index contributed by atoms with van der Waals surface area (Å²) in [7, 11) is 0. The lowest BCUT2D eigenvalue weighted by Gasteiger charge is -2.43. The molecule has 3 aromatic carbocycles. The molecule has 0 radical (unpaired) electrons. The van der Waals surface area contributed by atoms with E-state index in [1.807, 2.05) is 66.7 Å². The summed E-state index contributed by atoms with van der Waals surface area (Å²) in [5.74, 6) is -0.0173. The van der Waals surface area contributed by atoms with Gasteiger partial charge in [0.15, 0.2) is 0 Å². The van der Waals surface area contributed by atoms with Gasteiger partial charge in [-0.25, -0.2) is 0 Å². The van der Waals surface area contributed by atoms with Gasteiger partial charge in [0.25, 0.3) is 5.91 Å². The first-order valence-electron chi connectivity index (χ1n) is 12.7. The fourth-order valence-corrected chi connectivity index (χ4v) is 5.44.